The zero-order valence-corrected chi connectivity index (χ0v) is 14.3. The number of nitrogens with zero attached hydrogens (tertiary/aromatic N) is 3. The van der Waals surface area contributed by atoms with Crippen molar-refractivity contribution >= 4 is 28.3 Å². The molecule has 1 saturated heterocycles. The first kappa shape index (κ1) is 19.3. The molecule has 0 unspecified atom stereocenters. The second kappa shape index (κ2) is 7.47. The summed E-state index contributed by atoms with van der Waals surface area (Å²) in [5, 5.41) is 16.5. The van der Waals surface area contributed by atoms with Crippen LogP contribution in [0.15, 0.2) is 0 Å². The molecular formula is C15H16ClF3N4O2. The molecule has 25 heavy (non-hydrogen) atoms. The molecule has 2 N–H and O–H groups in total. The number of H-pyrrole nitrogens is 1. The SMILES string of the molecule is CO.Cc1[nH]c2c(N3CCOCC3)c(C#N)c(C(F)(F)F)nc2c1Cl. The molecule has 1 aliphatic heterocycles. The van der Waals surface area contributed by atoms with Crippen molar-refractivity contribution in [1.29, 1.82) is 5.26 Å². The van der Waals surface area contributed by atoms with Crippen LogP contribution in [0.3, 0.4) is 0 Å². The highest BCUT2D eigenvalue weighted by molar-refractivity contribution is 6.36. The van der Waals surface area contributed by atoms with Crippen LogP contribution in [0.5, 0.6) is 0 Å². The van der Waals surface area contributed by atoms with Gasteiger partial charge in [-0.2, -0.15) is 18.4 Å². The number of alkyl halides is 3. The quantitative estimate of drug-likeness (QED) is 0.799. The van der Waals surface area contributed by atoms with Crippen molar-refractivity contribution in [2.24, 2.45) is 0 Å². The normalized spacial score (nSPS) is 14.9. The van der Waals surface area contributed by atoms with Crippen LogP contribution in [-0.4, -0.2) is 48.5 Å². The van der Waals surface area contributed by atoms with E-state index in [4.69, 9.17) is 21.4 Å². The predicted molar refractivity (Wildman–Crippen MR) is 86.7 cm³/mol. The number of ether oxygens (including phenoxy) is 1. The van der Waals surface area contributed by atoms with Gasteiger partial charge in [0.15, 0.2) is 5.69 Å². The number of aromatic nitrogens is 2. The minimum absolute atomic E-state index is 0.0250. The van der Waals surface area contributed by atoms with Gasteiger partial charge in [-0.25, -0.2) is 4.98 Å². The number of hydrogen-bond acceptors (Lipinski definition) is 5. The van der Waals surface area contributed by atoms with Crippen molar-refractivity contribution in [1.82, 2.24) is 9.97 Å². The lowest BCUT2D eigenvalue weighted by Gasteiger charge is -2.30. The summed E-state index contributed by atoms with van der Waals surface area (Å²) in [5.74, 6) is 0. The Bertz CT molecular complexity index is 808. The van der Waals surface area contributed by atoms with Crippen LogP contribution in [0.4, 0.5) is 18.9 Å². The number of aryl methyl sites for hydroxylation is 1. The molecule has 0 saturated carbocycles. The molecule has 0 radical (unpaired) electrons. The Kier molecular flexibility index (Phi) is 5.77. The molecular weight excluding hydrogens is 361 g/mol. The average Bonchev–Trinajstić information content (AvgIpc) is 2.89. The molecule has 0 aromatic carbocycles. The number of nitriles is 1. The molecule has 1 aliphatic rings. The minimum atomic E-state index is -4.74. The molecule has 0 spiro atoms. The number of nitrogens with one attached hydrogen (secondary N) is 1. The van der Waals surface area contributed by atoms with Crippen molar-refractivity contribution in [3.63, 3.8) is 0 Å². The van der Waals surface area contributed by atoms with Gasteiger partial charge in [0, 0.05) is 25.9 Å². The molecule has 0 bridgehead atoms. The lowest BCUT2D eigenvalue weighted by molar-refractivity contribution is -0.141. The van der Waals surface area contributed by atoms with Crippen LogP contribution in [0.1, 0.15) is 17.0 Å². The van der Waals surface area contributed by atoms with Crippen molar-refractivity contribution in [2.75, 3.05) is 38.3 Å². The molecule has 0 amide bonds. The van der Waals surface area contributed by atoms with E-state index in [1.807, 2.05) is 0 Å². The van der Waals surface area contributed by atoms with Crippen molar-refractivity contribution in [2.45, 2.75) is 13.1 Å². The largest absolute Gasteiger partial charge is 0.434 e. The Hall–Kier alpha value is -2.02. The molecule has 10 heteroatoms. The zero-order valence-electron chi connectivity index (χ0n) is 13.5. The van der Waals surface area contributed by atoms with Gasteiger partial charge >= 0.3 is 6.18 Å². The molecule has 3 rings (SSSR count). The van der Waals surface area contributed by atoms with E-state index in [1.54, 1.807) is 17.9 Å². The van der Waals surface area contributed by atoms with Crippen molar-refractivity contribution in [3.05, 3.63) is 22.0 Å². The molecule has 3 heterocycles. The summed E-state index contributed by atoms with van der Waals surface area (Å²) in [7, 11) is 1.00. The molecule has 2 aromatic rings. The Morgan fingerprint density at radius 3 is 2.44 bits per heavy atom. The van der Waals surface area contributed by atoms with E-state index in [0.29, 0.717) is 37.5 Å². The average molecular weight is 377 g/mol. The van der Waals surface area contributed by atoms with Gasteiger partial charge in [0.05, 0.1) is 29.4 Å². The number of fused-ring (bicyclic) bond motifs is 1. The van der Waals surface area contributed by atoms with E-state index < -0.39 is 17.4 Å². The maximum Gasteiger partial charge on any atom is 0.434 e. The van der Waals surface area contributed by atoms with Crippen LogP contribution in [0, 0.1) is 18.3 Å². The van der Waals surface area contributed by atoms with Gasteiger partial charge in [-0.3, -0.25) is 0 Å². The molecule has 0 aliphatic carbocycles. The smallest absolute Gasteiger partial charge is 0.400 e. The van der Waals surface area contributed by atoms with Crippen molar-refractivity contribution < 1.29 is 23.0 Å². The summed E-state index contributed by atoms with van der Waals surface area (Å²) in [5.41, 5.74) is -0.648. The number of pyridine rings is 1. The third-order valence-corrected chi connectivity index (χ3v) is 4.19. The third-order valence-electron chi connectivity index (χ3n) is 3.73. The number of anilines is 1. The summed E-state index contributed by atoms with van der Waals surface area (Å²) in [6.07, 6.45) is -4.74. The Labute approximate surface area is 146 Å². The fourth-order valence-corrected chi connectivity index (χ4v) is 2.87. The summed E-state index contributed by atoms with van der Waals surface area (Å²) in [6.45, 7) is 3.18. The standard InChI is InChI=1S/C14H12ClF3N4O.CH4O/c1-7-9(15)10-11(20-7)12(22-2-4-23-5-3-22)8(6-19)13(21-10)14(16,17)18;1-2/h20H,2-5H2,1H3;2H,1H3. The van der Waals surface area contributed by atoms with Gasteiger partial charge in [0.25, 0.3) is 0 Å². The second-order valence-electron chi connectivity index (χ2n) is 5.18. The zero-order chi connectivity index (χ0) is 18.8. The summed E-state index contributed by atoms with van der Waals surface area (Å²) in [6, 6.07) is 1.66. The van der Waals surface area contributed by atoms with Gasteiger partial charge in [-0.1, -0.05) is 11.6 Å². The monoisotopic (exact) mass is 376 g/mol. The highest BCUT2D eigenvalue weighted by Crippen LogP contribution is 2.41. The minimum Gasteiger partial charge on any atom is -0.400 e. The van der Waals surface area contributed by atoms with E-state index in [-0.39, 0.29) is 16.2 Å². The molecule has 0 atom stereocenters. The van der Waals surface area contributed by atoms with Crippen LogP contribution < -0.4 is 4.90 Å². The van der Waals surface area contributed by atoms with E-state index in [2.05, 4.69) is 9.97 Å². The maximum atomic E-state index is 13.3. The van der Waals surface area contributed by atoms with Gasteiger partial charge in [-0.05, 0) is 6.92 Å². The highest BCUT2D eigenvalue weighted by Gasteiger charge is 2.39. The van der Waals surface area contributed by atoms with E-state index in [1.165, 1.54) is 0 Å². The summed E-state index contributed by atoms with van der Waals surface area (Å²) < 4.78 is 45.3. The van der Waals surface area contributed by atoms with Gasteiger partial charge < -0.3 is 19.7 Å². The second-order valence-corrected chi connectivity index (χ2v) is 5.56. The van der Waals surface area contributed by atoms with Crippen LogP contribution in [0.2, 0.25) is 5.02 Å². The number of morpholine rings is 1. The van der Waals surface area contributed by atoms with Crippen molar-refractivity contribution in [3.8, 4) is 6.07 Å². The number of halogens is 4. The summed E-state index contributed by atoms with van der Waals surface area (Å²) in [4.78, 5) is 8.28. The molecule has 6 nitrogen and oxygen atoms in total. The van der Waals surface area contributed by atoms with Crippen LogP contribution in [-0.2, 0) is 10.9 Å². The van der Waals surface area contributed by atoms with Gasteiger partial charge in [-0.15, -0.1) is 0 Å². The third kappa shape index (κ3) is 3.51. The number of aliphatic hydroxyl groups excluding tert-OH is 1. The van der Waals surface area contributed by atoms with E-state index in [0.717, 1.165) is 7.11 Å². The lowest BCUT2D eigenvalue weighted by Crippen LogP contribution is -2.37. The van der Waals surface area contributed by atoms with Crippen LogP contribution >= 0.6 is 11.6 Å². The van der Waals surface area contributed by atoms with Gasteiger partial charge in [0.2, 0.25) is 0 Å². The van der Waals surface area contributed by atoms with Crippen LogP contribution in [0.25, 0.3) is 11.0 Å². The van der Waals surface area contributed by atoms with Gasteiger partial charge in [0.1, 0.15) is 17.1 Å². The Morgan fingerprint density at radius 2 is 1.92 bits per heavy atom. The predicted octanol–water partition coefficient (Wildman–Crippen LogP) is 2.86. The summed E-state index contributed by atoms with van der Waals surface area (Å²) >= 11 is 6.08. The number of aliphatic hydroxyl groups is 1. The van der Waals surface area contributed by atoms with E-state index >= 15 is 0 Å². The highest BCUT2D eigenvalue weighted by atomic mass is 35.5. The Balaban J connectivity index is 0.00000109. The number of hydrogen-bond donors (Lipinski definition) is 2. The topological polar surface area (TPSA) is 85.2 Å². The number of aromatic amines is 1. The first-order valence-corrected chi connectivity index (χ1v) is 7.69. The molecule has 136 valence electrons. The maximum absolute atomic E-state index is 13.3. The lowest BCUT2D eigenvalue weighted by atomic mass is 10.1. The Morgan fingerprint density at radius 1 is 1.32 bits per heavy atom. The van der Waals surface area contributed by atoms with E-state index in [9.17, 15) is 18.4 Å². The molecule has 2 aromatic heterocycles. The number of rotatable bonds is 1. The molecule has 1 fully saturated rings. The first-order valence-electron chi connectivity index (χ1n) is 7.31. The fourth-order valence-electron chi connectivity index (χ4n) is 2.68. The fraction of sp³-hybridized carbons (Fsp3) is 0.467. The first-order chi connectivity index (χ1) is 11.8.